The Labute approximate surface area is 156 Å². The van der Waals surface area contributed by atoms with Crippen molar-refractivity contribution in [3.05, 3.63) is 103 Å². The number of nitrogens with zero attached hydrogens (tertiary/aromatic N) is 4. The number of allylic oxidation sites excluding steroid dienone is 1. The molecular formula is C22H16N4O. The lowest BCUT2D eigenvalue weighted by atomic mass is 10.1. The van der Waals surface area contributed by atoms with Gasteiger partial charge in [-0.15, -0.1) is 0 Å². The number of benzene rings is 1. The van der Waals surface area contributed by atoms with Gasteiger partial charge in [0.1, 0.15) is 5.69 Å². The van der Waals surface area contributed by atoms with Gasteiger partial charge in [0, 0.05) is 47.7 Å². The summed E-state index contributed by atoms with van der Waals surface area (Å²) < 4.78 is 1.81. The van der Waals surface area contributed by atoms with E-state index in [0.717, 1.165) is 22.5 Å². The number of carbonyl (C=O) groups is 1. The molecule has 0 amide bonds. The van der Waals surface area contributed by atoms with Crippen LogP contribution in [-0.2, 0) is 0 Å². The average Bonchev–Trinajstić information content (AvgIpc) is 3.18. The fourth-order valence-electron chi connectivity index (χ4n) is 2.73. The summed E-state index contributed by atoms with van der Waals surface area (Å²) in [6.07, 6.45) is 11.9. The molecule has 0 atom stereocenters. The molecule has 0 spiro atoms. The van der Waals surface area contributed by atoms with Crippen molar-refractivity contribution in [3.8, 4) is 16.9 Å². The summed E-state index contributed by atoms with van der Waals surface area (Å²) in [5, 5.41) is 4.72. The molecule has 0 aliphatic heterocycles. The Morgan fingerprint density at radius 2 is 1.70 bits per heavy atom. The number of ketones is 1. The second kappa shape index (κ2) is 7.58. The first-order valence-electron chi connectivity index (χ1n) is 8.49. The highest BCUT2D eigenvalue weighted by Gasteiger charge is 2.11. The van der Waals surface area contributed by atoms with E-state index in [1.54, 1.807) is 49.1 Å². The second-order valence-electron chi connectivity index (χ2n) is 5.89. The number of para-hydroxylation sites is 1. The fraction of sp³-hybridized carbons (Fsp3) is 0. The molecule has 0 radical (unpaired) electrons. The number of hydrogen-bond donors (Lipinski definition) is 0. The molecule has 4 aromatic rings. The molecule has 0 fully saturated rings. The van der Waals surface area contributed by atoms with Crippen LogP contribution in [0.25, 0.3) is 23.0 Å². The van der Waals surface area contributed by atoms with Crippen LogP contribution in [0.15, 0.2) is 91.7 Å². The molecule has 0 bridgehead atoms. The van der Waals surface area contributed by atoms with Gasteiger partial charge in [0.15, 0.2) is 5.78 Å². The van der Waals surface area contributed by atoms with Gasteiger partial charge >= 0.3 is 0 Å². The minimum Gasteiger partial charge on any atom is -0.289 e. The van der Waals surface area contributed by atoms with E-state index in [4.69, 9.17) is 5.10 Å². The lowest BCUT2D eigenvalue weighted by Crippen LogP contribution is -1.94. The summed E-state index contributed by atoms with van der Waals surface area (Å²) in [4.78, 5) is 20.4. The molecule has 0 aliphatic carbocycles. The van der Waals surface area contributed by atoms with Crippen molar-refractivity contribution in [2.45, 2.75) is 0 Å². The Kier molecular flexibility index (Phi) is 4.66. The van der Waals surface area contributed by atoms with Gasteiger partial charge in [0.25, 0.3) is 0 Å². The van der Waals surface area contributed by atoms with E-state index < -0.39 is 0 Å². The Bertz CT molecular complexity index is 1070. The van der Waals surface area contributed by atoms with Crippen molar-refractivity contribution in [1.29, 1.82) is 0 Å². The maximum absolute atomic E-state index is 12.4. The predicted octanol–water partition coefficient (Wildman–Crippen LogP) is 4.23. The predicted molar refractivity (Wildman–Crippen MR) is 104 cm³/mol. The third kappa shape index (κ3) is 3.72. The molecule has 130 valence electrons. The number of carbonyl (C=O) groups excluding carboxylic acids is 1. The maximum Gasteiger partial charge on any atom is 0.187 e. The van der Waals surface area contributed by atoms with Crippen molar-refractivity contribution in [2.75, 3.05) is 0 Å². The zero-order chi connectivity index (χ0) is 18.5. The van der Waals surface area contributed by atoms with E-state index in [-0.39, 0.29) is 5.78 Å². The molecule has 27 heavy (non-hydrogen) atoms. The highest BCUT2D eigenvalue weighted by molar-refractivity contribution is 6.06. The van der Waals surface area contributed by atoms with Crippen LogP contribution in [0, 0.1) is 0 Å². The van der Waals surface area contributed by atoms with Gasteiger partial charge in [0.05, 0.1) is 5.69 Å². The summed E-state index contributed by atoms with van der Waals surface area (Å²) >= 11 is 0. The Hall–Kier alpha value is -3.86. The number of rotatable bonds is 5. The minimum atomic E-state index is -0.101. The number of pyridine rings is 2. The lowest BCUT2D eigenvalue weighted by molar-refractivity contribution is 0.104. The third-order valence-corrected chi connectivity index (χ3v) is 4.08. The van der Waals surface area contributed by atoms with Crippen LogP contribution in [0.4, 0.5) is 0 Å². The smallest absolute Gasteiger partial charge is 0.187 e. The monoisotopic (exact) mass is 352 g/mol. The minimum absolute atomic E-state index is 0.101. The summed E-state index contributed by atoms with van der Waals surface area (Å²) in [6.45, 7) is 0. The average molecular weight is 352 g/mol. The van der Waals surface area contributed by atoms with Gasteiger partial charge in [-0.2, -0.15) is 5.10 Å². The Morgan fingerprint density at radius 1 is 0.889 bits per heavy atom. The van der Waals surface area contributed by atoms with Gasteiger partial charge in [0.2, 0.25) is 0 Å². The SMILES string of the molecule is O=C(C=Cc1cn(-c2ccccc2)nc1-c1ccncc1)c1cccnc1. The van der Waals surface area contributed by atoms with Gasteiger partial charge in [-0.1, -0.05) is 18.2 Å². The van der Waals surface area contributed by atoms with Crippen LogP contribution in [0.3, 0.4) is 0 Å². The molecule has 0 saturated carbocycles. The van der Waals surface area contributed by atoms with E-state index in [2.05, 4.69) is 9.97 Å². The van der Waals surface area contributed by atoms with Crippen LogP contribution in [0.5, 0.6) is 0 Å². The molecule has 3 aromatic heterocycles. The fourth-order valence-corrected chi connectivity index (χ4v) is 2.73. The van der Waals surface area contributed by atoms with Crippen LogP contribution < -0.4 is 0 Å². The van der Waals surface area contributed by atoms with Crippen molar-refractivity contribution in [2.24, 2.45) is 0 Å². The highest BCUT2D eigenvalue weighted by atomic mass is 16.1. The van der Waals surface area contributed by atoms with Gasteiger partial charge in [-0.05, 0) is 48.6 Å². The molecule has 0 saturated heterocycles. The summed E-state index contributed by atoms with van der Waals surface area (Å²) in [7, 11) is 0. The van der Waals surface area contributed by atoms with Crippen molar-refractivity contribution in [3.63, 3.8) is 0 Å². The van der Waals surface area contributed by atoms with E-state index in [9.17, 15) is 4.79 Å². The van der Waals surface area contributed by atoms with Crippen LogP contribution in [-0.4, -0.2) is 25.5 Å². The zero-order valence-electron chi connectivity index (χ0n) is 14.4. The Morgan fingerprint density at radius 3 is 2.44 bits per heavy atom. The van der Waals surface area contributed by atoms with E-state index in [0.29, 0.717) is 5.56 Å². The lowest BCUT2D eigenvalue weighted by Gasteiger charge is -2.00. The van der Waals surface area contributed by atoms with E-state index in [1.807, 2.05) is 53.3 Å². The van der Waals surface area contributed by atoms with Crippen LogP contribution >= 0.6 is 0 Å². The molecule has 3 heterocycles. The topological polar surface area (TPSA) is 60.7 Å². The molecule has 0 aliphatic rings. The molecule has 5 nitrogen and oxygen atoms in total. The van der Waals surface area contributed by atoms with E-state index in [1.165, 1.54) is 0 Å². The maximum atomic E-state index is 12.4. The second-order valence-corrected chi connectivity index (χ2v) is 5.89. The first-order chi connectivity index (χ1) is 13.3. The van der Waals surface area contributed by atoms with Crippen molar-refractivity contribution in [1.82, 2.24) is 19.7 Å². The van der Waals surface area contributed by atoms with Gasteiger partial charge < -0.3 is 0 Å². The summed E-state index contributed by atoms with van der Waals surface area (Å²) in [6, 6.07) is 17.2. The molecule has 0 unspecified atom stereocenters. The quantitative estimate of drug-likeness (QED) is 0.398. The molecular weight excluding hydrogens is 336 g/mol. The summed E-state index contributed by atoms with van der Waals surface area (Å²) in [5.74, 6) is -0.101. The number of hydrogen-bond acceptors (Lipinski definition) is 4. The Balaban J connectivity index is 1.73. The largest absolute Gasteiger partial charge is 0.289 e. The first-order valence-corrected chi connectivity index (χ1v) is 8.49. The zero-order valence-corrected chi connectivity index (χ0v) is 14.4. The third-order valence-electron chi connectivity index (χ3n) is 4.08. The molecule has 5 heteroatoms. The van der Waals surface area contributed by atoms with Gasteiger partial charge in [-0.3, -0.25) is 14.8 Å². The van der Waals surface area contributed by atoms with Crippen LogP contribution in [0.2, 0.25) is 0 Å². The van der Waals surface area contributed by atoms with Crippen molar-refractivity contribution >= 4 is 11.9 Å². The van der Waals surface area contributed by atoms with Gasteiger partial charge in [-0.25, -0.2) is 4.68 Å². The molecule has 4 rings (SSSR count). The van der Waals surface area contributed by atoms with E-state index >= 15 is 0 Å². The first kappa shape index (κ1) is 16.6. The standard InChI is InChI=1S/C22H16N4O/c27-21(18-5-4-12-24-15-18)9-8-19-16-26(20-6-2-1-3-7-20)25-22(19)17-10-13-23-14-11-17/h1-16H. The highest BCUT2D eigenvalue weighted by Crippen LogP contribution is 2.24. The number of aromatic nitrogens is 4. The van der Waals surface area contributed by atoms with Crippen molar-refractivity contribution < 1.29 is 4.79 Å². The molecule has 1 aromatic carbocycles. The molecule has 0 N–H and O–H groups in total. The van der Waals surface area contributed by atoms with Crippen LogP contribution in [0.1, 0.15) is 15.9 Å². The normalized spacial score (nSPS) is 11.0. The summed E-state index contributed by atoms with van der Waals surface area (Å²) in [5.41, 5.74) is 4.08.